The molecule has 0 heterocycles. The van der Waals surface area contributed by atoms with Gasteiger partial charge in [-0.05, 0) is 39.1 Å². The number of hydrogen-bond donors (Lipinski definition) is 1. The molecule has 5 nitrogen and oxygen atoms in total. The lowest BCUT2D eigenvalue weighted by molar-refractivity contribution is -0.129. The molecule has 0 aliphatic rings. The molecule has 5 heteroatoms. The van der Waals surface area contributed by atoms with E-state index >= 15 is 0 Å². The number of esters is 1. The second-order valence-corrected chi connectivity index (χ2v) is 6.49. The number of anilines is 1. The summed E-state index contributed by atoms with van der Waals surface area (Å²) >= 11 is 0. The predicted octanol–water partition coefficient (Wildman–Crippen LogP) is 4.67. The molecule has 126 valence electrons. The molecule has 24 heavy (non-hydrogen) atoms. The SMILES string of the molecule is C=C(C)C(=O)Oc1cc(NC(=O)OC(C)(C)C)cc2ccccc12. The fraction of sp³-hybridized carbons (Fsp3) is 0.263. The first kappa shape index (κ1) is 17.5. The fourth-order valence-electron chi connectivity index (χ4n) is 2.04. The number of hydrogen-bond acceptors (Lipinski definition) is 4. The summed E-state index contributed by atoms with van der Waals surface area (Å²) in [7, 11) is 0. The zero-order chi connectivity index (χ0) is 17.9. The average molecular weight is 327 g/mol. The Labute approximate surface area is 141 Å². The highest BCUT2D eigenvalue weighted by molar-refractivity contribution is 5.98. The van der Waals surface area contributed by atoms with Crippen molar-refractivity contribution in [1.29, 1.82) is 0 Å². The van der Waals surface area contributed by atoms with E-state index in [1.807, 2.05) is 24.3 Å². The zero-order valence-electron chi connectivity index (χ0n) is 14.3. The molecule has 0 spiro atoms. The Morgan fingerprint density at radius 2 is 1.79 bits per heavy atom. The van der Waals surface area contributed by atoms with E-state index in [1.54, 1.807) is 39.8 Å². The highest BCUT2D eigenvalue weighted by atomic mass is 16.6. The van der Waals surface area contributed by atoms with Crippen LogP contribution in [0.25, 0.3) is 10.8 Å². The molecule has 0 bridgehead atoms. The van der Waals surface area contributed by atoms with Crippen LogP contribution in [0.4, 0.5) is 10.5 Å². The van der Waals surface area contributed by atoms with Crippen LogP contribution in [-0.4, -0.2) is 17.7 Å². The molecule has 0 aliphatic heterocycles. The number of ether oxygens (including phenoxy) is 2. The normalized spacial score (nSPS) is 11.0. The first-order chi connectivity index (χ1) is 11.2. The number of nitrogens with one attached hydrogen (secondary N) is 1. The van der Waals surface area contributed by atoms with Crippen molar-refractivity contribution in [3.63, 3.8) is 0 Å². The van der Waals surface area contributed by atoms with Crippen LogP contribution < -0.4 is 10.1 Å². The highest BCUT2D eigenvalue weighted by Crippen LogP contribution is 2.30. The number of amides is 1. The number of fused-ring (bicyclic) bond motifs is 1. The number of carbonyl (C=O) groups is 2. The van der Waals surface area contributed by atoms with Crippen molar-refractivity contribution >= 4 is 28.5 Å². The van der Waals surface area contributed by atoms with Crippen molar-refractivity contribution < 1.29 is 19.1 Å². The maximum absolute atomic E-state index is 12.0. The van der Waals surface area contributed by atoms with Gasteiger partial charge in [0.05, 0.1) is 0 Å². The molecule has 0 saturated carbocycles. The van der Waals surface area contributed by atoms with Crippen LogP contribution in [0, 0.1) is 0 Å². The minimum absolute atomic E-state index is 0.296. The van der Waals surface area contributed by atoms with Crippen molar-refractivity contribution in [2.24, 2.45) is 0 Å². The van der Waals surface area contributed by atoms with Crippen molar-refractivity contribution in [3.05, 3.63) is 48.6 Å². The first-order valence-corrected chi connectivity index (χ1v) is 7.56. The monoisotopic (exact) mass is 327 g/mol. The van der Waals surface area contributed by atoms with Crippen LogP contribution in [0.3, 0.4) is 0 Å². The lowest BCUT2D eigenvalue weighted by Crippen LogP contribution is -2.27. The van der Waals surface area contributed by atoms with Gasteiger partial charge < -0.3 is 9.47 Å². The van der Waals surface area contributed by atoms with Crippen molar-refractivity contribution in [1.82, 2.24) is 0 Å². The number of rotatable bonds is 3. The van der Waals surface area contributed by atoms with Crippen molar-refractivity contribution in [2.45, 2.75) is 33.3 Å². The second kappa shape index (κ2) is 6.74. The van der Waals surface area contributed by atoms with E-state index < -0.39 is 17.7 Å². The summed E-state index contributed by atoms with van der Waals surface area (Å²) in [6, 6.07) is 10.8. The smallest absolute Gasteiger partial charge is 0.412 e. The van der Waals surface area contributed by atoms with Gasteiger partial charge in [0.15, 0.2) is 0 Å². The van der Waals surface area contributed by atoms with Gasteiger partial charge in [0.2, 0.25) is 0 Å². The molecule has 1 amide bonds. The Bertz CT molecular complexity index is 803. The molecule has 0 unspecified atom stereocenters. The van der Waals surface area contributed by atoms with E-state index in [2.05, 4.69) is 11.9 Å². The summed E-state index contributed by atoms with van der Waals surface area (Å²) in [5, 5.41) is 4.25. The summed E-state index contributed by atoms with van der Waals surface area (Å²) in [5.41, 5.74) is 0.174. The molecule has 0 atom stereocenters. The third-order valence-electron chi connectivity index (χ3n) is 3.02. The first-order valence-electron chi connectivity index (χ1n) is 7.56. The third-order valence-corrected chi connectivity index (χ3v) is 3.02. The molecule has 2 rings (SSSR count). The van der Waals surface area contributed by atoms with E-state index in [0.717, 1.165) is 10.8 Å². The largest absolute Gasteiger partial charge is 0.444 e. The summed E-state index contributed by atoms with van der Waals surface area (Å²) in [6.45, 7) is 10.5. The molecular formula is C19H21NO4. The van der Waals surface area contributed by atoms with Gasteiger partial charge in [0, 0.05) is 22.7 Å². The maximum atomic E-state index is 12.0. The standard InChI is InChI=1S/C19H21NO4/c1-12(2)17(21)23-16-11-14(20-18(22)24-19(3,4)5)10-13-8-6-7-9-15(13)16/h6-11H,1H2,2-5H3,(H,20,22). The zero-order valence-corrected chi connectivity index (χ0v) is 14.3. The van der Waals surface area contributed by atoms with Gasteiger partial charge in [0.1, 0.15) is 11.4 Å². The summed E-state index contributed by atoms with van der Waals surface area (Å²) in [4.78, 5) is 23.8. The van der Waals surface area contributed by atoms with Gasteiger partial charge in [-0.2, -0.15) is 0 Å². The van der Waals surface area contributed by atoms with Crippen LogP contribution in [0.1, 0.15) is 27.7 Å². The Hall–Kier alpha value is -2.82. The van der Waals surface area contributed by atoms with E-state index in [9.17, 15) is 9.59 Å². The van der Waals surface area contributed by atoms with E-state index in [0.29, 0.717) is 17.0 Å². The lowest BCUT2D eigenvalue weighted by atomic mass is 10.1. The van der Waals surface area contributed by atoms with Crippen LogP contribution in [0.2, 0.25) is 0 Å². The van der Waals surface area contributed by atoms with Gasteiger partial charge >= 0.3 is 12.1 Å². The Morgan fingerprint density at radius 3 is 2.42 bits per heavy atom. The predicted molar refractivity (Wildman–Crippen MR) is 94.3 cm³/mol. The van der Waals surface area contributed by atoms with Crippen molar-refractivity contribution in [2.75, 3.05) is 5.32 Å². The second-order valence-electron chi connectivity index (χ2n) is 6.49. The minimum atomic E-state index is -0.601. The fourth-order valence-corrected chi connectivity index (χ4v) is 2.04. The molecule has 1 N–H and O–H groups in total. The minimum Gasteiger partial charge on any atom is -0.444 e. The van der Waals surface area contributed by atoms with Crippen molar-refractivity contribution in [3.8, 4) is 5.75 Å². The van der Waals surface area contributed by atoms with Crippen LogP contribution in [0.15, 0.2) is 48.6 Å². The lowest BCUT2D eigenvalue weighted by Gasteiger charge is -2.20. The molecule has 0 fully saturated rings. The summed E-state index contributed by atoms with van der Waals surface area (Å²) in [6.07, 6.45) is -0.574. The van der Waals surface area contributed by atoms with Gasteiger partial charge in [-0.3, -0.25) is 5.32 Å². The molecule has 2 aromatic rings. The van der Waals surface area contributed by atoms with Gasteiger partial charge in [-0.25, -0.2) is 9.59 Å². The maximum Gasteiger partial charge on any atom is 0.412 e. The average Bonchev–Trinajstić information content (AvgIpc) is 2.44. The van der Waals surface area contributed by atoms with Crippen LogP contribution >= 0.6 is 0 Å². The Balaban J connectivity index is 2.36. The van der Waals surface area contributed by atoms with Gasteiger partial charge in [-0.15, -0.1) is 0 Å². The quantitative estimate of drug-likeness (QED) is 0.505. The molecule has 0 radical (unpaired) electrons. The molecule has 0 saturated heterocycles. The summed E-state index contributed by atoms with van der Waals surface area (Å²) in [5.74, 6) is -0.165. The van der Waals surface area contributed by atoms with Crippen LogP contribution in [0.5, 0.6) is 5.75 Å². The van der Waals surface area contributed by atoms with E-state index in [-0.39, 0.29) is 0 Å². The highest BCUT2D eigenvalue weighted by Gasteiger charge is 2.17. The van der Waals surface area contributed by atoms with E-state index in [1.165, 1.54) is 0 Å². The molecule has 2 aromatic carbocycles. The van der Waals surface area contributed by atoms with Crippen LogP contribution in [-0.2, 0) is 9.53 Å². The van der Waals surface area contributed by atoms with E-state index in [4.69, 9.17) is 9.47 Å². The molecular weight excluding hydrogens is 306 g/mol. The molecule has 0 aliphatic carbocycles. The Morgan fingerprint density at radius 1 is 1.12 bits per heavy atom. The number of benzene rings is 2. The molecule has 0 aromatic heterocycles. The third kappa shape index (κ3) is 4.59. The Kier molecular flexibility index (Phi) is 4.93. The van der Waals surface area contributed by atoms with Gasteiger partial charge in [-0.1, -0.05) is 30.8 Å². The van der Waals surface area contributed by atoms with Gasteiger partial charge in [0.25, 0.3) is 0 Å². The topological polar surface area (TPSA) is 64.6 Å². The number of carbonyl (C=O) groups excluding carboxylic acids is 2. The summed E-state index contributed by atoms with van der Waals surface area (Å²) < 4.78 is 10.6.